The molecule has 0 bridgehead atoms. The Kier molecular flexibility index (Phi) is 4.08. The maximum Gasteiger partial charge on any atom is 0.325 e. The summed E-state index contributed by atoms with van der Waals surface area (Å²) in [6.07, 6.45) is 0. The van der Waals surface area contributed by atoms with Crippen LogP contribution in [-0.4, -0.2) is 23.0 Å². The van der Waals surface area contributed by atoms with Crippen molar-refractivity contribution in [2.45, 2.75) is 13.0 Å². The number of nitrogens with zero attached hydrogens (tertiary/aromatic N) is 3. The van der Waals surface area contributed by atoms with Crippen LogP contribution >= 0.6 is 0 Å². The van der Waals surface area contributed by atoms with E-state index in [0.29, 0.717) is 0 Å². The molecular formula is C10H10N4O3. The van der Waals surface area contributed by atoms with Crippen molar-refractivity contribution >= 4 is 17.6 Å². The lowest BCUT2D eigenvalue weighted by Crippen LogP contribution is -2.38. The van der Waals surface area contributed by atoms with Gasteiger partial charge in [0.15, 0.2) is 0 Å². The van der Waals surface area contributed by atoms with Crippen LogP contribution in [0.25, 0.3) is 10.4 Å². The molecule has 17 heavy (non-hydrogen) atoms. The largest absolute Gasteiger partial charge is 0.480 e. The average Bonchev–Trinajstić information content (AvgIpc) is 2.29. The van der Waals surface area contributed by atoms with Crippen LogP contribution in [0.5, 0.6) is 0 Å². The molecule has 7 heteroatoms. The molecule has 88 valence electrons. The highest BCUT2D eigenvalue weighted by molar-refractivity contribution is 6.00. The quantitative estimate of drug-likeness (QED) is 0.470. The molecule has 0 aromatic heterocycles. The van der Waals surface area contributed by atoms with Gasteiger partial charge in [-0.2, -0.15) is 0 Å². The lowest BCUT2D eigenvalue weighted by Gasteiger charge is -2.10. The molecule has 2 N–H and O–H groups in total. The third-order valence-electron chi connectivity index (χ3n) is 2.02. The van der Waals surface area contributed by atoms with Crippen molar-refractivity contribution in [2.75, 3.05) is 0 Å². The zero-order valence-electron chi connectivity index (χ0n) is 8.99. The number of aliphatic carboxylic acids is 1. The molecule has 1 atom stereocenters. The van der Waals surface area contributed by atoms with E-state index in [-0.39, 0.29) is 11.3 Å². The predicted molar refractivity (Wildman–Crippen MR) is 59.8 cm³/mol. The Balaban J connectivity index is 2.96. The van der Waals surface area contributed by atoms with Crippen molar-refractivity contribution < 1.29 is 14.7 Å². The predicted octanol–water partition coefficient (Wildman–Crippen LogP) is 1.83. The van der Waals surface area contributed by atoms with Crippen LogP contribution in [0.1, 0.15) is 17.3 Å². The molecule has 0 radical (unpaired) electrons. The van der Waals surface area contributed by atoms with Gasteiger partial charge >= 0.3 is 5.97 Å². The molecule has 1 aromatic carbocycles. The number of hydrogen-bond acceptors (Lipinski definition) is 3. The number of benzene rings is 1. The Hall–Kier alpha value is -2.53. The van der Waals surface area contributed by atoms with Gasteiger partial charge in [0.2, 0.25) is 0 Å². The van der Waals surface area contributed by atoms with E-state index in [4.69, 9.17) is 10.6 Å². The van der Waals surface area contributed by atoms with Gasteiger partial charge in [-0.25, -0.2) is 0 Å². The normalized spacial score (nSPS) is 11.1. The van der Waals surface area contributed by atoms with E-state index in [1.807, 2.05) is 0 Å². The fraction of sp³-hybridized carbons (Fsp3) is 0.200. The monoisotopic (exact) mass is 234 g/mol. The van der Waals surface area contributed by atoms with Gasteiger partial charge in [0, 0.05) is 10.5 Å². The molecule has 1 amide bonds. The molecule has 0 saturated carbocycles. The van der Waals surface area contributed by atoms with Crippen LogP contribution < -0.4 is 5.32 Å². The highest BCUT2D eigenvalue weighted by atomic mass is 16.4. The molecule has 0 aliphatic carbocycles. The third kappa shape index (κ3) is 3.22. The number of carbonyl (C=O) groups excluding carboxylic acids is 1. The second-order valence-electron chi connectivity index (χ2n) is 3.24. The van der Waals surface area contributed by atoms with Gasteiger partial charge < -0.3 is 10.4 Å². The van der Waals surface area contributed by atoms with Crippen molar-refractivity contribution in [3.05, 3.63) is 40.3 Å². The number of nitrogens with one attached hydrogen (secondary N) is 1. The summed E-state index contributed by atoms with van der Waals surface area (Å²) in [6, 6.07) is 5.12. The van der Waals surface area contributed by atoms with E-state index in [9.17, 15) is 9.59 Å². The van der Waals surface area contributed by atoms with Crippen LogP contribution in [-0.2, 0) is 4.79 Å². The van der Waals surface area contributed by atoms with Gasteiger partial charge in [0.05, 0.1) is 5.69 Å². The molecule has 1 rings (SSSR count). The van der Waals surface area contributed by atoms with Gasteiger partial charge in [-0.15, -0.1) is 0 Å². The zero-order chi connectivity index (χ0) is 12.8. The Bertz CT molecular complexity index is 494. The number of amides is 1. The van der Waals surface area contributed by atoms with Crippen LogP contribution in [0.4, 0.5) is 5.69 Å². The standard InChI is InChI=1S/C10H10N4O3/c1-6(10(16)17)12-9(15)7-4-2-3-5-8(7)13-14-11/h2-6H,1H3,(H,12,15)(H,16,17). The summed E-state index contributed by atoms with van der Waals surface area (Å²) >= 11 is 0. The lowest BCUT2D eigenvalue weighted by molar-refractivity contribution is -0.138. The molecule has 1 unspecified atom stereocenters. The van der Waals surface area contributed by atoms with E-state index >= 15 is 0 Å². The fourth-order valence-electron chi connectivity index (χ4n) is 1.14. The summed E-state index contributed by atoms with van der Waals surface area (Å²) in [5, 5.41) is 14.3. The number of carbonyl (C=O) groups is 2. The summed E-state index contributed by atoms with van der Waals surface area (Å²) in [7, 11) is 0. The smallest absolute Gasteiger partial charge is 0.325 e. The Morgan fingerprint density at radius 2 is 2.12 bits per heavy atom. The van der Waals surface area contributed by atoms with Crippen molar-refractivity contribution in [3.8, 4) is 0 Å². The molecule has 0 saturated heterocycles. The van der Waals surface area contributed by atoms with Crippen LogP contribution in [0.15, 0.2) is 29.4 Å². The first-order valence-corrected chi connectivity index (χ1v) is 4.74. The lowest BCUT2D eigenvalue weighted by atomic mass is 10.1. The fourth-order valence-corrected chi connectivity index (χ4v) is 1.14. The summed E-state index contributed by atoms with van der Waals surface area (Å²) in [5.74, 6) is -1.73. The molecule has 7 nitrogen and oxygen atoms in total. The topological polar surface area (TPSA) is 115 Å². The van der Waals surface area contributed by atoms with E-state index in [0.717, 1.165) is 0 Å². The van der Waals surface area contributed by atoms with Crippen LogP contribution in [0, 0.1) is 0 Å². The van der Waals surface area contributed by atoms with Gasteiger partial charge in [-0.3, -0.25) is 9.59 Å². The van der Waals surface area contributed by atoms with Gasteiger partial charge in [0.25, 0.3) is 5.91 Å². The highest BCUT2D eigenvalue weighted by Gasteiger charge is 2.16. The second kappa shape index (κ2) is 5.53. The minimum absolute atomic E-state index is 0.137. The summed E-state index contributed by atoms with van der Waals surface area (Å²) in [5.41, 5.74) is 8.62. The minimum atomic E-state index is -1.14. The van der Waals surface area contributed by atoms with Gasteiger partial charge in [0.1, 0.15) is 6.04 Å². The Morgan fingerprint density at radius 1 is 1.47 bits per heavy atom. The second-order valence-corrected chi connectivity index (χ2v) is 3.24. The van der Waals surface area contributed by atoms with Crippen LogP contribution in [0.3, 0.4) is 0 Å². The average molecular weight is 234 g/mol. The minimum Gasteiger partial charge on any atom is -0.480 e. The molecule has 1 aromatic rings. The number of hydrogen-bond donors (Lipinski definition) is 2. The molecule has 0 aliphatic heterocycles. The third-order valence-corrected chi connectivity index (χ3v) is 2.02. The first-order chi connectivity index (χ1) is 8.06. The molecule has 0 aliphatic rings. The van der Waals surface area contributed by atoms with E-state index in [1.54, 1.807) is 12.1 Å². The first kappa shape index (κ1) is 12.5. The SMILES string of the molecule is CC(NC(=O)c1ccccc1N=[N+]=[N-])C(=O)O. The van der Waals surface area contributed by atoms with E-state index in [1.165, 1.54) is 19.1 Å². The summed E-state index contributed by atoms with van der Waals surface area (Å²) in [6.45, 7) is 1.34. The maximum atomic E-state index is 11.7. The summed E-state index contributed by atoms with van der Waals surface area (Å²) in [4.78, 5) is 24.9. The van der Waals surface area contributed by atoms with E-state index < -0.39 is 17.9 Å². The molecular weight excluding hydrogens is 224 g/mol. The number of azide groups is 1. The number of rotatable bonds is 4. The summed E-state index contributed by atoms with van der Waals surface area (Å²) < 4.78 is 0. The molecule has 0 spiro atoms. The number of carboxylic acids is 1. The van der Waals surface area contributed by atoms with Crippen molar-refractivity contribution in [2.24, 2.45) is 5.11 Å². The molecule has 0 fully saturated rings. The first-order valence-electron chi connectivity index (χ1n) is 4.74. The highest BCUT2D eigenvalue weighted by Crippen LogP contribution is 2.18. The van der Waals surface area contributed by atoms with E-state index in [2.05, 4.69) is 15.3 Å². The molecule has 0 heterocycles. The zero-order valence-corrected chi connectivity index (χ0v) is 8.99. The van der Waals surface area contributed by atoms with Crippen molar-refractivity contribution in [3.63, 3.8) is 0 Å². The van der Waals surface area contributed by atoms with Crippen molar-refractivity contribution in [1.82, 2.24) is 5.32 Å². The Labute approximate surface area is 96.7 Å². The maximum absolute atomic E-state index is 11.7. The Morgan fingerprint density at radius 3 is 2.71 bits per heavy atom. The van der Waals surface area contributed by atoms with Crippen molar-refractivity contribution in [1.29, 1.82) is 0 Å². The van der Waals surface area contributed by atoms with Gasteiger partial charge in [-0.1, -0.05) is 23.3 Å². The van der Waals surface area contributed by atoms with Gasteiger partial charge in [-0.05, 0) is 18.5 Å². The number of carboxylic acid groups (broad SMARTS) is 1. The van der Waals surface area contributed by atoms with Crippen LogP contribution in [0.2, 0.25) is 0 Å².